The standard InChI is InChI=1S/C15H24N2O3S2/c1-2-3-12-22(19,20)17-8-5-7-16(9-10-17)15(18)13-14-6-4-11-21-14/h4,6,11H,2-3,5,7-10,12-13H2,1H3. The molecule has 0 N–H and O–H groups in total. The zero-order valence-corrected chi connectivity index (χ0v) is 14.7. The topological polar surface area (TPSA) is 57.7 Å². The lowest BCUT2D eigenvalue weighted by Gasteiger charge is -2.21. The van der Waals surface area contributed by atoms with Crippen LogP contribution in [0.1, 0.15) is 31.1 Å². The first-order valence-corrected chi connectivity index (χ1v) is 10.3. The molecule has 0 spiro atoms. The van der Waals surface area contributed by atoms with Crippen molar-refractivity contribution in [3.63, 3.8) is 0 Å². The third-order valence-electron chi connectivity index (χ3n) is 3.86. The summed E-state index contributed by atoms with van der Waals surface area (Å²) < 4.78 is 26.1. The number of amides is 1. The van der Waals surface area contributed by atoms with Crippen molar-refractivity contribution in [3.8, 4) is 0 Å². The Bertz CT molecular complexity index is 570. The summed E-state index contributed by atoms with van der Waals surface area (Å²) in [5.74, 6) is 0.308. The SMILES string of the molecule is CCCCS(=O)(=O)N1CCCN(C(=O)Cc2cccs2)CC1. The number of thiophene rings is 1. The molecule has 0 atom stereocenters. The highest BCUT2D eigenvalue weighted by Gasteiger charge is 2.26. The van der Waals surface area contributed by atoms with E-state index in [1.54, 1.807) is 20.5 Å². The first kappa shape index (κ1) is 17.4. The van der Waals surface area contributed by atoms with Crippen molar-refractivity contribution in [3.05, 3.63) is 22.4 Å². The molecule has 1 aliphatic heterocycles. The maximum absolute atomic E-state index is 12.3. The summed E-state index contributed by atoms with van der Waals surface area (Å²) >= 11 is 1.58. The third-order valence-corrected chi connectivity index (χ3v) is 6.70. The van der Waals surface area contributed by atoms with Crippen molar-refractivity contribution in [2.45, 2.75) is 32.6 Å². The van der Waals surface area contributed by atoms with Gasteiger partial charge in [-0.05, 0) is 24.3 Å². The molecular formula is C15H24N2O3S2. The van der Waals surface area contributed by atoms with Crippen LogP contribution in [0.4, 0.5) is 0 Å². The van der Waals surface area contributed by atoms with E-state index in [4.69, 9.17) is 0 Å². The van der Waals surface area contributed by atoms with E-state index in [-0.39, 0.29) is 11.7 Å². The van der Waals surface area contributed by atoms with Gasteiger partial charge in [-0.15, -0.1) is 11.3 Å². The molecule has 22 heavy (non-hydrogen) atoms. The van der Waals surface area contributed by atoms with E-state index in [9.17, 15) is 13.2 Å². The van der Waals surface area contributed by atoms with Gasteiger partial charge in [0.25, 0.3) is 0 Å². The molecule has 1 aromatic heterocycles. The number of carbonyl (C=O) groups is 1. The number of nitrogens with zero attached hydrogens (tertiary/aromatic N) is 2. The highest BCUT2D eigenvalue weighted by atomic mass is 32.2. The number of carbonyl (C=O) groups excluding carboxylic acids is 1. The summed E-state index contributed by atoms with van der Waals surface area (Å²) in [6, 6.07) is 3.90. The molecule has 0 bridgehead atoms. The first-order valence-electron chi connectivity index (χ1n) is 7.81. The molecule has 2 rings (SSSR count). The lowest BCUT2D eigenvalue weighted by atomic mass is 10.3. The summed E-state index contributed by atoms with van der Waals surface area (Å²) in [6.07, 6.45) is 2.69. The van der Waals surface area contributed by atoms with Gasteiger partial charge in [0.1, 0.15) is 0 Å². The number of hydrogen-bond acceptors (Lipinski definition) is 4. The van der Waals surface area contributed by atoms with Crippen LogP contribution in [0.25, 0.3) is 0 Å². The van der Waals surface area contributed by atoms with Gasteiger partial charge in [-0.3, -0.25) is 4.79 Å². The van der Waals surface area contributed by atoms with Crippen LogP contribution in [0.5, 0.6) is 0 Å². The fraction of sp³-hybridized carbons (Fsp3) is 0.667. The molecule has 2 heterocycles. The molecule has 1 fully saturated rings. The molecule has 124 valence electrons. The van der Waals surface area contributed by atoms with Gasteiger partial charge in [0.05, 0.1) is 12.2 Å². The van der Waals surface area contributed by atoms with E-state index in [1.165, 1.54) is 0 Å². The van der Waals surface area contributed by atoms with Gasteiger partial charge in [0.15, 0.2) is 0 Å². The van der Waals surface area contributed by atoms with E-state index in [1.807, 2.05) is 24.4 Å². The van der Waals surface area contributed by atoms with Crippen molar-refractivity contribution < 1.29 is 13.2 Å². The van der Waals surface area contributed by atoms with Crippen LogP contribution >= 0.6 is 11.3 Å². The van der Waals surface area contributed by atoms with E-state index < -0.39 is 10.0 Å². The second kappa shape index (κ2) is 8.08. The minimum absolute atomic E-state index is 0.0928. The number of unbranched alkanes of at least 4 members (excludes halogenated alkanes) is 1. The molecule has 0 unspecified atom stereocenters. The number of rotatable bonds is 6. The third kappa shape index (κ3) is 4.79. The van der Waals surface area contributed by atoms with Gasteiger partial charge < -0.3 is 4.90 Å². The molecular weight excluding hydrogens is 320 g/mol. The van der Waals surface area contributed by atoms with Gasteiger partial charge in [-0.1, -0.05) is 19.4 Å². The Balaban J connectivity index is 1.90. The van der Waals surface area contributed by atoms with Crippen LogP contribution in [0.3, 0.4) is 0 Å². The predicted molar refractivity (Wildman–Crippen MR) is 89.5 cm³/mol. The van der Waals surface area contributed by atoms with E-state index in [0.717, 1.165) is 11.3 Å². The second-order valence-corrected chi connectivity index (χ2v) is 8.68. The molecule has 1 aliphatic rings. The zero-order valence-electron chi connectivity index (χ0n) is 13.0. The predicted octanol–water partition coefficient (Wildman–Crippen LogP) is 1.95. The molecule has 0 aliphatic carbocycles. The lowest BCUT2D eigenvalue weighted by molar-refractivity contribution is -0.130. The molecule has 0 aromatic carbocycles. The molecule has 7 heteroatoms. The average molecular weight is 345 g/mol. The van der Waals surface area contributed by atoms with Crippen molar-refractivity contribution in [2.75, 3.05) is 31.9 Å². The quantitative estimate of drug-likeness (QED) is 0.792. The van der Waals surface area contributed by atoms with Crippen molar-refractivity contribution in [2.24, 2.45) is 0 Å². The molecule has 5 nitrogen and oxygen atoms in total. The normalized spacial score (nSPS) is 17.4. The highest BCUT2D eigenvalue weighted by molar-refractivity contribution is 7.89. The Morgan fingerprint density at radius 3 is 2.77 bits per heavy atom. The van der Waals surface area contributed by atoms with E-state index >= 15 is 0 Å². The minimum atomic E-state index is -3.17. The Morgan fingerprint density at radius 2 is 2.09 bits per heavy atom. The maximum atomic E-state index is 12.3. The van der Waals surface area contributed by atoms with Gasteiger partial charge >= 0.3 is 0 Å². The van der Waals surface area contributed by atoms with Crippen LogP contribution in [0.15, 0.2) is 17.5 Å². The van der Waals surface area contributed by atoms with Gasteiger partial charge in [0.2, 0.25) is 15.9 Å². The van der Waals surface area contributed by atoms with Crippen LogP contribution in [0, 0.1) is 0 Å². The van der Waals surface area contributed by atoms with Crippen molar-refractivity contribution in [1.82, 2.24) is 9.21 Å². The zero-order chi connectivity index (χ0) is 16.0. The van der Waals surface area contributed by atoms with Gasteiger partial charge in [-0.2, -0.15) is 0 Å². The first-order chi connectivity index (χ1) is 10.5. The fourth-order valence-electron chi connectivity index (χ4n) is 2.55. The Kier molecular flexibility index (Phi) is 6.40. The number of sulfonamides is 1. The highest BCUT2D eigenvalue weighted by Crippen LogP contribution is 2.14. The largest absolute Gasteiger partial charge is 0.341 e. The molecule has 1 aromatic rings. The molecule has 0 saturated carbocycles. The maximum Gasteiger partial charge on any atom is 0.227 e. The second-order valence-electron chi connectivity index (χ2n) is 5.56. The summed E-state index contributed by atoms with van der Waals surface area (Å²) in [4.78, 5) is 15.2. The summed E-state index contributed by atoms with van der Waals surface area (Å²) in [7, 11) is -3.17. The molecule has 1 saturated heterocycles. The van der Waals surface area contributed by atoms with Crippen LogP contribution in [-0.4, -0.2) is 55.5 Å². The fourth-order valence-corrected chi connectivity index (χ4v) is 4.93. The average Bonchev–Trinajstić information content (AvgIpc) is 2.85. The summed E-state index contributed by atoms with van der Waals surface area (Å²) in [5, 5.41) is 1.97. The Hall–Kier alpha value is -0.920. The summed E-state index contributed by atoms with van der Waals surface area (Å²) in [5.41, 5.74) is 0. The van der Waals surface area contributed by atoms with Crippen molar-refractivity contribution in [1.29, 1.82) is 0 Å². The lowest BCUT2D eigenvalue weighted by Crippen LogP contribution is -2.38. The molecule has 1 amide bonds. The van der Waals surface area contributed by atoms with Crippen LogP contribution in [0.2, 0.25) is 0 Å². The monoisotopic (exact) mass is 344 g/mol. The van der Waals surface area contributed by atoms with Crippen molar-refractivity contribution >= 4 is 27.3 Å². The Morgan fingerprint density at radius 1 is 1.27 bits per heavy atom. The van der Waals surface area contributed by atoms with Gasteiger partial charge in [-0.25, -0.2) is 12.7 Å². The Labute approximate surface area is 137 Å². The van der Waals surface area contributed by atoms with E-state index in [2.05, 4.69) is 0 Å². The summed E-state index contributed by atoms with van der Waals surface area (Å²) in [6.45, 7) is 4.07. The molecule has 0 radical (unpaired) electrons. The van der Waals surface area contributed by atoms with Crippen LogP contribution < -0.4 is 0 Å². The smallest absolute Gasteiger partial charge is 0.227 e. The van der Waals surface area contributed by atoms with Gasteiger partial charge in [0, 0.05) is 31.1 Å². The van der Waals surface area contributed by atoms with E-state index in [0.29, 0.717) is 45.4 Å². The van der Waals surface area contributed by atoms with Crippen LogP contribution in [-0.2, 0) is 21.2 Å². The minimum Gasteiger partial charge on any atom is -0.341 e. The number of hydrogen-bond donors (Lipinski definition) is 0.